The van der Waals surface area contributed by atoms with Crippen LogP contribution in [0.15, 0.2) is 42.5 Å². The van der Waals surface area contributed by atoms with Gasteiger partial charge in [0, 0.05) is 32.0 Å². The Bertz CT molecular complexity index is 1230. The fourth-order valence-corrected chi connectivity index (χ4v) is 8.06. The van der Waals surface area contributed by atoms with Crippen LogP contribution in [0.1, 0.15) is 100 Å². The van der Waals surface area contributed by atoms with Crippen LogP contribution >= 0.6 is 0 Å². The summed E-state index contributed by atoms with van der Waals surface area (Å²) in [7, 11) is 1.84. The fourth-order valence-electron chi connectivity index (χ4n) is 8.06. The highest BCUT2D eigenvalue weighted by molar-refractivity contribution is 5.87. The molecule has 0 heterocycles. The van der Waals surface area contributed by atoms with E-state index in [4.69, 9.17) is 9.47 Å². The van der Waals surface area contributed by atoms with Crippen molar-refractivity contribution in [2.45, 2.75) is 89.9 Å². The summed E-state index contributed by atoms with van der Waals surface area (Å²) in [4.78, 5) is 27.0. The van der Waals surface area contributed by atoms with Gasteiger partial charge in [-0.05, 0) is 116 Å². The Hall–Kier alpha value is -2.86. The number of phenols is 1. The average Bonchev–Trinajstić information content (AvgIpc) is 3.30. The van der Waals surface area contributed by atoms with Gasteiger partial charge < -0.3 is 19.5 Å². The van der Waals surface area contributed by atoms with Crippen LogP contribution in [0, 0.1) is 17.3 Å². The molecule has 6 heteroatoms. The Kier molecular flexibility index (Phi) is 9.92. The number of fused-ring (bicyclic) bond motifs is 5. The third-order valence-electron chi connectivity index (χ3n) is 10.4. The van der Waals surface area contributed by atoms with Gasteiger partial charge in [0.15, 0.2) is 0 Å². The number of rotatable bonds is 13. The fraction of sp³-hybridized carbons (Fsp3) is 0.611. The van der Waals surface area contributed by atoms with Gasteiger partial charge in [-0.25, -0.2) is 0 Å². The van der Waals surface area contributed by atoms with E-state index in [1.165, 1.54) is 16.7 Å². The summed E-state index contributed by atoms with van der Waals surface area (Å²) < 4.78 is 11.6. The maximum absolute atomic E-state index is 13.2. The molecule has 5 rings (SSSR count). The number of likely N-dealkylation sites (N-methyl/N-ethyl adjacent to an activating group) is 1. The number of amides is 1. The minimum Gasteiger partial charge on any atom is -0.508 e. The molecule has 0 radical (unpaired) electrons. The number of Topliss-reactive ketones (excluding diaryl/α,β-unsaturated/α-hetero) is 1. The lowest BCUT2D eigenvalue weighted by atomic mass is 9.51. The number of benzene rings is 2. The molecule has 0 bridgehead atoms. The maximum Gasteiger partial charge on any atom is 0.248 e. The molecule has 0 aliphatic heterocycles. The third-order valence-corrected chi connectivity index (χ3v) is 10.4. The van der Waals surface area contributed by atoms with Crippen molar-refractivity contribution in [1.82, 2.24) is 4.90 Å². The number of unbranched alkanes of at least 4 members (excludes halogenated alkanes) is 3. The molecule has 228 valence electrons. The number of phenolic OH excluding ortho intramolecular Hbond substituents is 1. The monoisotopic (exact) mass is 575 g/mol. The first-order valence-electron chi connectivity index (χ1n) is 16.2. The van der Waals surface area contributed by atoms with Crippen molar-refractivity contribution in [3.63, 3.8) is 0 Å². The third kappa shape index (κ3) is 6.54. The van der Waals surface area contributed by atoms with Crippen LogP contribution in [0.3, 0.4) is 0 Å². The lowest BCUT2D eigenvalue weighted by Gasteiger charge is -2.52. The zero-order valence-corrected chi connectivity index (χ0v) is 25.8. The molecule has 42 heavy (non-hydrogen) atoms. The number of nitrogens with zero attached hydrogens (tertiary/aromatic N) is 1. The van der Waals surface area contributed by atoms with Crippen LogP contribution in [0.5, 0.6) is 11.5 Å². The highest BCUT2D eigenvalue weighted by Gasteiger charge is 2.57. The molecule has 0 spiro atoms. The summed E-state index contributed by atoms with van der Waals surface area (Å²) in [6, 6.07) is 14.5. The van der Waals surface area contributed by atoms with Crippen LogP contribution in [0.25, 0.3) is 0 Å². The van der Waals surface area contributed by atoms with E-state index in [2.05, 4.69) is 44.2 Å². The van der Waals surface area contributed by atoms with Gasteiger partial charge in [0.1, 0.15) is 23.9 Å². The molecular weight excluding hydrogens is 526 g/mol. The van der Waals surface area contributed by atoms with Crippen LogP contribution in [0.4, 0.5) is 0 Å². The first kappa shape index (κ1) is 30.6. The van der Waals surface area contributed by atoms with E-state index >= 15 is 0 Å². The quantitative estimate of drug-likeness (QED) is 0.259. The Balaban J connectivity index is 1.14. The van der Waals surface area contributed by atoms with Crippen LogP contribution in [-0.2, 0) is 20.7 Å². The molecule has 2 aromatic rings. The Morgan fingerprint density at radius 1 is 1.02 bits per heavy atom. The molecule has 3 aliphatic rings. The molecular formula is C36H49NO5. The Morgan fingerprint density at radius 2 is 1.81 bits per heavy atom. The zero-order valence-electron chi connectivity index (χ0n) is 25.8. The van der Waals surface area contributed by atoms with Crippen molar-refractivity contribution in [1.29, 1.82) is 0 Å². The normalized spacial score (nSPS) is 26.3. The van der Waals surface area contributed by atoms with Gasteiger partial charge >= 0.3 is 0 Å². The topological polar surface area (TPSA) is 76.1 Å². The highest BCUT2D eigenvalue weighted by atomic mass is 16.5. The van der Waals surface area contributed by atoms with E-state index in [0.717, 1.165) is 70.1 Å². The lowest BCUT2D eigenvalue weighted by molar-refractivity contribution is -0.135. The van der Waals surface area contributed by atoms with Gasteiger partial charge in [-0.15, -0.1) is 0 Å². The van der Waals surface area contributed by atoms with Gasteiger partial charge in [-0.2, -0.15) is 0 Å². The number of aromatic hydroxyl groups is 1. The second kappa shape index (κ2) is 13.6. The van der Waals surface area contributed by atoms with Crippen LogP contribution in [-0.4, -0.2) is 55.1 Å². The summed E-state index contributed by atoms with van der Waals surface area (Å²) >= 11 is 0. The molecule has 1 N–H and O–H groups in total. The van der Waals surface area contributed by atoms with Gasteiger partial charge in [-0.3, -0.25) is 9.59 Å². The number of ether oxygens (including phenoxy) is 2. The molecule has 2 saturated carbocycles. The highest BCUT2D eigenvalue weighted by Crippen LogP contribution is 2.64. The second-order valence-electron chi connectivity index (χ2n) is 13.1. The number of hydrogen-bond acceptors (Lipinski definition) is 5. The Labute approximate surface area is 251 Å². The summed E-state index contributed by atoms with van der Waals surface area (Å²) in [5, 5.41) is 10.1. The number of hydrogen-bond donors (Lipinski definition) is 1. The Morgan fingerprint density at radius 3 is 2.60 bits per heavy atom. The molecule has 5 atom stereocenters. The molecule has 2 aromatic carbocycles. The summed E-state index contributed by atoms with van der Waals surface area (Å²) in [5.41, 5.74) is 3.68. The number of carbonyl (C=O) groups excluding carboxylic acids is 2. The summed E-state index contributed by atoms with van der Waals surface area (Å²) in [6.45, 7) is 6.55. The van der Waals surface area contributed by atoms with E-state index in [0.29, 0.717) is 48.9 Å². The summed E-state index contributed by atoms with van der Waals surface area (Å²) in [6.07, 6.45) is 9.63. The van der Waals surface area contributed by atoms with E-state index in [1.807, 2.05) is 19.2 Å². The second-order valence-corrected chi connectivity index (χ2v) is 13.1. The molecule has 6 nitrogen and oxygen atoms in total. The van der Waals surface area contributed by atoms with E-state index in [9.17, 15) is 14.7 Å². The molecule has 0 unspecified atom stereocenters. The maximum atomic E-state index is 13.2. The number of carbonyl (C=O) groups is 2. The predicted octanol–water partition coefficient (Wildman–Crippen LogP) is 7.04. The largest absolute Gasteiger partial charge is 0.508 e. The standard InChI is InChI=1S/C36H49NO5/c1-4-5-19-37(3)34(40)24-41-20-7-6-8-21-42-28-13-9-25(10-14-28)31-23-36(2)32(17-18-33(36)39)30-15-11-26-22-27(38)12-16-29(26)35(30)31/h9-10,12-14,16,22,30-32,35,38H,4-8,11,15,17-21,23-24H2,1-3H3/t30-,31+,32-,35+,36-/m0/s1. The minimum atomic E-state index is -0.239. The molecule has 2 fully saturated rings. The molecule has 3 aliphatic carbocycles. The lowest BCUT2D eigenvalue weighted by Crippen LogP contribution is -2.45. The van der Waals surface area contributed by atoms with Crippen molar-refractivity contribution in [2.75, 3.05) is 33.4 Å². The van der Waals surface area contributed by atoms with Gasteiger partial charge in [0.05, 0.1) is 6.61 Å². The van der Waals surface area contributed by atoms with Crippen molar-refractivity contribution < 1.29 is 24.2 Å². The first-order valence-corrected chi connectivity index (χ1v) is 16.2. The van der Waals surface area contributed by atoms with E-state index in [-0.39, 0.29) is 23.8 Å². The summed E-state index contributed by atoms with van der Waals surface area (Å²) in [5.74, 6) is 3.31. The SMILES string of the molecule is CCCCN(C)C(=O)COCCCCCOc1ccc([C@H]2C[C@]3(C)C(=O)CC[C@H]3[C@@H]3CCc4cc(O)ccc4[C@H]32)cc1. The average molecular weight is 576 g/mol. The van der Waals surface area contributed by atoms with Gasteiger partial charge in [0.25, 0.3) is 0 Å². The minimum absolute atomic E-state index is 0.0507. The van der Waals surface area contributed by atoms with E-state index < -0.39 is 0 Å². The molecule has 0 saturated heterocycles. The van der Waals surface area contributed by atoms with Crippen molar-refractivity contribution in [2.24, 2.45) is 17.3 Å². The first-order chi connectivity index (χ1) is 20.3. The molecule has 0 aromatic heterocycles. The van der Waals surface area contributed by atoms with Crippen LogP contribution < -0.4 is 4.74 Å². The van der Waals surface area contributed by atoms with Crippen molar-refractivity contribution >= 4 is 11.7 Å². The van der Waals surface area contributed by atoms with E-state index in [1.54, 1.807) is 4.90 Å². The zero-order chi connectivity index (χ0) is 29.7. The van der Waals surface area contributed by atoms with Crippen molar-refractivity contribution in [3.8, 4) is 11.5 Å². The number of ketones is 1. The predicted molar refractivity (Wildman–Crippen MR) is 165 cm³/mol. The smallest absolute Gasteiger partial charge is 0.248 e. The molecule has 1 amide bonds. The van der Waals surface area contributed by atoms with Crippen LogP contribution in [0.2, 0.25) is 0 Å². The van der Waals surface area contributed by atoms with Gasteiger partial charge in [-0.1, -0.05) is 38.5 Å². The van der Waals surface area contributed by atoms with Crippen molar-refractivity contribution in [3.05, 3.63) is 59.2 Å². The number of aryl methyl sites for hydroxylation is 1. The van der Waals surface area contributed by atoms with Gasteiger partial charge in [0.2, 0.25) is 5.91 Å².